The Balaban J connectivity index is 2.07. The van der Waals surface area contributed by atoms with Crippen LogP contribution >= 0.6 is 0 Å². The van der Waals surface area contributed by atoms with Crippen molar-refractivity contribution in [2.75, 3.05) is 13.6 Å². The molecule has 1 atom stereocenters. The highest BCUT2D eigenvalue weighted by Crippen LogP contribution is 2.31. The van der Waals surface area contributed by atoms with Crippen molar-refractivity contribution in [1.29, 1.82) is 0 Å². The molecule has 0 radical (unpaired) electrons. The largest absolute Gasteiger partial charge is 0.356 e. The van der Waals surface area contributed by atoms with Gasteiger partial charge in [0.15, 0.2) is 5.96 Å². The Bertz CT molecular complexity index is 222. The van der Waals surface area contributed by atoms with Gasteiger partial charge in [-0.2, -0.15) is 0 Å². The molecule has 0 saturated heterocycles. The highest BCUT2D eigenvalue weighted by Gasteiger charge is 2.20. The average Bonchev–Trinajstić information content (AvgIpc) is 3.12. The van der Waals surface area contributed by atoms with Gasteiger partial charge in [0.25, 0.3) is 0 Å². The first-order chi connectivity index (χ1) is 8.26. The van der Waals surface area contributed by atoms with E-state index in [1.165, 1.54) is 44.9 Å². The normalized spacial score (nSPS) is 17.9. The van der Waals surface area contributed by atoms with Gasteiger partial charge in [-0.3, -0.25) is 4.99 Å². The van der Waals surface area contributed by atoms with E-state index in [1.807, 2.05) is 7.05 Å². The van der Waals surface area contributed by atoms with E-state index in [1.54, 1.807) is 0 Å². The van der Waals surface area contributed by atoms with Gasteiger partial charge in [-0.25, -0.2) is 0 Å². The number of nitrogens with one attached hydrogen (secondary N) is 2. The SMILES string of the molecule is CCCCCC(C)NC(=NC)NCCC1CC1. The van der Waals surface area contributed by atoms with Gasteiger partial charge in [0, 0.05) is 19.6 Å². The van der Waals surface area contributed by atoms with Crippen molar-refractivity contribution in [3.05, 3.63) is 0 Å². The molecule has 1 rings (SSSR count). The predicted molar refractivity (Wildman–Crippen MR) is 75.4 cm³/mol. The Morgan fingerprint density at radius 1 is 1.35 bits per heavy atom. The first-order valence-electron chi connectivity index (χ1n) is 7.23. The topological polar surface area (TPSA) is 36.4 Å². The lowest BCUT2D eigenvalue weighted by atomic mass is 10.1. The number of hydrogen-bond acceptors (Lipinski definition) is 1. The van der Waals surface area contributed by atoms with Gasteiger partial charge < -0.3 is 10.6 Å². The lowest BCUT2D eigenvalue weighted by Gasteiger charge is -2.17. The average molecular weight is 239 g/mol. The van der Waals surface area contributed by atoms with Crippen molar-refractivity contribution in [3.8, 4) is 0 Å². The van der Waals surface area contributed by atoms with Crippen LogP contribution in [0.1, 0.15) is 58.8 Å². The molecule has 1 unspecified atom stereocenters. The maximum atomic E-state index is 4.27. The Hall–Kier alpha value is -0.730. The molecule has 17 heavy (non-hydrogen) atoms. The van der Waals surface area contributed by atoms with Gasteiger partial charge in [0.2, 0.25) is 0 Å². The molecule has 0 bridgehead atoms. The zero-order valence-electron chi connectivity index (χ0n) is 11.8. The molecule has 1 fully saturated rings. The standard InChI is InChI=1S/C14H29N3/c1-4-5-6-7-12(2)17-14(15-3)16-11-10-13-8-9-13/h12-13H,4-11H2,1-3H3,(H2,15,16,17). The van der Waals surface area contributed by atoms with Crippen molar-refractivity contribution in [3.63, 3.8) is 0 Å². The van der Waals surface area contributed by atoms with Crippen molar-refractivity contribution >= 4 is 5.96 Å². The summed E-state index contributed by atoms with van der Waals surface area (Å²) in [6.45, 7) is 5.55. The lowest BCUT2D eigenvalue weighted by molar-refractivity contribution is 0.545. The number of rotatable bonds is 8. The molecule has 0 aliphatic heterocycles. The van der Waals surface area contributed by atoms with Crippen LogP contribution in [0.2, 0.25) is 0 Å². The molecule has 0 aromatic carbocycles. The number of nitrogens with zero attached hydrogens (tertiary/aromatic N) is 1. The van der Waals surface area contributed by atoms with E-state index in [0.29, 0.717) is 6.04 Å². The molecular formula is C14H29N3. The van der Waals surface area contributed by atoms with Crippen LogP contribution < -0.4 is 10.6 Å². The Morgan fingerprint density at radius 2 is 2.12 bits per heavy atom. The Kier molecular flexibility index (Phi) is 7.06. The third kappa shape index (κ3) is 7.24. The number of aliphatic imine (C=N–C) groups is 1. The van der Waals surface area contributed by atoms with E-state index >= 15 is 0 Å². The van der Waals surface area contributed by atoms with Gasteiger partial charge in [-0.05, 0) is 25.7 Å². The monoisotopic (exact) mass is 239 g/mol. The number of guanidine groups is 1. The van der Waals surface area contributed by atoms with Crippen LogP contribution in [0.4, 0.5) is 0 Å². The minimum absolute atomic E-state index is 0.522. The van der Waals surface area contributed by atoms with Crippen LogP contribution in [0, 0.1) is 5.92 Å². The summed E-state index contributed by atoms with van der Waals surface area (Å²) in [5.41, 5.74) is 0. The molecule has 0 spiro atoms. The summed E-state index contributed by atoms with van der Waals surface area (Å²) >= 11 is 0. The molecule has 1 aliphatic rings. The van der Waals surface area contributed by atoms with E-state index < -0.39 is 0 Å². The summed E-state index contributed by atoms with van der Waals surface area (Å²) in [6, 6.07) is 0.522. The summed E-state index contributed by atoms with van der Waals surface area (Å²) < 4.78 is 0. The minimum Gasteiger partial charge on any atom is -0.356 e. The van der Waals surface area contributed by atoms with Crippen LogP contribution in [0.5, 0.6) is 0 Å². The van der Waals surface area contributed by atoms with Crippen LogP contribution in [0.15, 0.2) is 4.99 Å². The molecule has 0 amide bonds. The van der Waals surface area contributed by atoms with Crippen LogP contribution in [-0.4, -0.2) is 25.6 Å². The van der Waals surface area contributed by atoms with E-state index in [0.717, 1.165) is 18.4 Å². The van der Waals surface area contributed by atoms with Crippen molar-refractivity contribution in [2.45, 2.75) is 64.8 Å². The van der Waals surface area contributed by atoms with E-state index in [2.05, 4.69) is 29.5 Å². The van der Waals surface area contributed by atoms with Crippen LogP contribution in [0.3, 0.4) is 0 Å². The highest BCUT2D eigenvalue weighted by atomic mass is 15.2. The van der Waals surface area contributed by atoms with Crippen molar-refractivity contribution in [2.24, 2.45) is 10.9 Å². The molecule has 100 valence electrons. The van der Waals surface area contributed by atoms with Gasteiger partial charge in [-0.15, -0.1) is 0 Å². The summed E-state index contributed by atoms with van der Waals surface area (Å²) in [4.78, 5) is 4.27. The van der Waals surface area contributed by atoms with Gasteiger partial charge in [-0.1, -0.05) is 39.0 Å². The Labute approximate surface area is 106 Å². The van der Waals surface area contributed by atoms with E-state index in [-0.39, 0.29) is 0 Å². The third-order valence-electron chi connectivity index (χ3n) is 3.39. The highest BCUT2D eigenvalue weighted by molar-refractivity contribution is 5.79. The quantitative estimate of drug-likeness (QED) is 0.388. The summed E-state index contributed by atoms with van der Waals surface area (Å²) in [5, 5.41) is 6.86. The van der Waals surface area contributed by atoms with Crippen molar-refractivity contribution < 1.29 is 0 Å². The first kappa shape index (κ1) is 14.3. The zero-order chi connectivity index (χ0) is 12.5. The molecular weight excluding hydrogens is 210 g/mol. The predicted octanol–water partition coefficient (Wildman–Crippen LogP) is 2.92. The molecule has 3 heteroatoms. The molecule has 1 saturated carbocycles. The summed E-state index contributed by atoms with van der Waals surface area (Å²) in [5.74, 6) is 1.96. The summed E-state index contributed by atoms with van der Waals surface area (Å²) in [7, 11) is 1.85. The maximum absolute atomic E-state index is 4.27. The summed E-state index contributed by atoms with van der Waals surface area (Å²) in [6.07, 6.45) is 9.33. The fourth-order valence-electron chi connectivity index (χ4n) is 2.00. The molecule has 3 nitrogen and oxygen atoms in total. The minimum atomic E-state index is 0.522. The first-order valence-corrected chi connectivity index (χ1v) is 7.23. The third-order valence-corrected chi connectivity index (χ3v) is 3.39. The van der Waals surface area contributed by atoms with Crippen LogP contribution in [-0.2, 0) is 0 Å². The second-order valence-electron chi connectivity index (χ2n) is 5.27. The van der Waals surface area contributed by atoms with Gasteiger partial charge in [0.05, 0.1) is 0 Å². The second-order valence-corrected chi connectivity index (χ2v) is 5.27. The van der Waals surface area contributed by atoms with E-state index in [4.69, 9.17) is 0 Å². The van der Waals surface area contributed by atoms with Gasteiger partial charge >= 0.3 is 0 Å². The maximum Gasteiger partial charge on any atom is 0.191 e. The van der Waals surface area contributed by atoms with Gasteiger partial charge in [0.1, 0.15) is 0 Å². The zero-order valence-corrected chi connectivity index (χ0v) is 11.8. The molecule has 1 aliphatic carbocycles. The second kappa shape index (κ2) is 8.37. The fourth-order valence-corrected chi connectivity index (χ4v) is 2.00. The fraction of sp³-hybridized carbons (Fsp3) is 0.929. The van der Waals surface area contributed by atoms with Crippen molar-refractivity contribution in [1.82, 2.24) is 10.6 Å². The Morgan fingerprint density at radius 3 is 2.71 bits per heavy atom. The molecule has 0 heterocycles. The molecule has 2 N–H and O–H groups in total. The molecule has 0 aromatic rings. The number of unbranched alkanes of at least 4 members (excludes halogenated alkanes) is 2. The van der Waals surface area contributed by atoms with E-state index in [9.17, 15) is 0 Å². The van der Waals surface area contributed by atoms with Crippen LogP contribution in [0.25, 0.3) is 0 Å². The lowest BCUT2D eigenvalue weighted by Crippen LogP contribution is -2.42. The smallest absolute Gasteiger partial charge is 0.191 e. The molecule has 0 aromatic heterocycles. The number of hydrogen-bond donors (Lipinski definition) is 2.